The lowest BCUT2D eigenvalue weighted by Gasteiger charge is -2.27. The topological polar surface area (TPSA) is 72.5 Å². The van der Waals surface area contributed by atoms with E-state index in [0.717, 1.165) is 35.0 Å². The highest BCUT2D eigenvalue weighted by molar-refractivity contribution is 5.70. The minimum absolute atomic E-state index is 0.0704. The molecule has 6 nitrogen and oxygen atoms in total. The van der Waals surface area contributed by atoms with Gasteiger partial charge in [0.25, 0.3) is 0 Å². The maximum absolute atomic E-state index is 13.6. The molecular formula is C23H26F2N4O2. The van der Waals surface area contributed by atoms with Crippen molar-refractivity contribution in [2.45, 2.75) is 68.5 Å². The molecule has 2 fully saturated rings. The molecular weight excluding hydrogens is 402 g/mol. The second-order valence-electron chi connectivity index (χ2n) is 8.80. The molecule has 2 aliphatic carbocycles. The molecule has 8 heteroatoms. The molecule has 5 rings (SSSR count). The van der Waals surface area contributed by atoms with Crippen LogP contribution in [-0.4, -0.2) is 43.5 Å². The van der Waals surface area contributed by atoms with Crippen LogP contribution in [0.3, 0.4) is 0 Å². The number of fused-ring (bicyclic) bond motifs is 1. The summed E-state index contributed by atoms with van der Waals surface area (Å²) in [5.74, 6) is -3.30. The van der Waals surface area contributed by atoms with Crippen LogP contribution in [0, 0.1) is 0 Å². The number of aliphatic hydroxyl groups is 1. The van der Waals surface area contributed by atoms with Crippen LogP contribution in [0.2, 0.25) is 0 Å². The molecule has 31 heavy (non-hydrogen) atoms. The van der Waals surface area contributed by atoms with Crippen LogP contribution in [-0.2, 0) is 4.74 Å². The standard InChI is InChI=1S/C23H26F2N4O2/c1-31-23(30)7-2-3-19(23)21-26-12-17(13-27-21)16-6-10-29-20(11-16)18(14-28-29)15-4-8-22(24,25)9-5-15/h6,10-15,19,30H,2-5,7-9H2,1H3/t19-,23-/m0/s1. The molecule has 164 valence electrons. The molecule has 2 aliphatic rings. The van der Waals surface area contributed by atoms with Gasteiger partial charge in [-0.2, -0.15) is 5.10 Å². The first-order valence-corrected chi connectivity index (χ1v) is 10.8. The molecule has 0 spiro atoms. The van der Waals surface area contributed by atoms with E-state index in [0.29, 0.717) is 25.1 Å². The van der Waals surface area contributed by atoms with Crippen molar-refractivity contribution >= 4 is 5.52 Å². The summed E-state index contributed by atoms with van der Waals surface area (Å²) >= 11 is 0. The Morgan fingerprint density at radius 1 is 1.06 bits per heavy atom. The van der Waals surface area contributed by atoms with E-state index in [4.69, 9.17) is 4.74 Å². The van der Waals surface area contributed by atoms with E-state index in [-0.39, 0.29) is 24.7 Å². The summed E-state index contributed by atoms with van der Waals surface area (Å²) in [5.41, 5.74) is 3.75. The van der Waals surface area contributed by atoms with Gasteiger partial charge in [-0.25, -0.2) is 23.3 Å². The largest absolute Gasteiger partial charge is 0.365 e. The molecule has 2 saturated carbocycles. The third-order valence-corrected chi connectivity index (χ3v) is 6.95. The highest BCUT2D eigenvalue weighted by Gasteiger charge is 2.44. The molecule has 0 aromatic carbocycles. The van der Waals surface area contributed by atoms with Gasteiger partial charge in [0.15, 0.2) is 5.79 Å². The number of hydrogen-bond acceptors (Lipinski definition) is 5. The number of aromatic nitrogens is 4. The predicted molar refractivity (Wildman–Crippen MR) is 111 cm³/mol. The lowest BCUT2D eigenvalue weighted by molar-refractivity contribution is -0.191. The number of ether oxygens (including phenoxy) is 1. The first kappa shape index (κ1) is 20.5. The zero-order valence-electron chi connectivity index (χ0n) is 17.5. The van der Waals surface area contributed by atoms with Gasteiger partial charge < -0.3 is 9.84 Å². The smallest absolute Gasteiger partial charge is 0.248 e. The van der Waals surface area contributed by atoms with Crippen molar-refractivity contribution in [2.24, 2.45) is 0 Å². The summed E-state index contributed by atoms with van der Waals surface area (Å²) in [5, 5.41) is 15.0. The molecule has 0 aliphatic heterocycles. The summed E-state index contributed by atoms with van der Waals surface area (Å²) in [6, 6.07) is 3.97. The number of nitrogens with zero attached hydrogens (tertiary/aromatic N) is 4. The Labute approximate surface area is 179 Å². The number of rotatable bonds is 4. The zero-order valence-corrected chi connectivity index (χ0v) is 17.5. The third-order valence-electron chi connectivity index (χ3n) is 6.95. The monoisotopic (exact) mass is 428 g/mol. The van der Waals surface area contributed by atoms with Gasteiger partial charge in [-0.05, 0) is 49.3 Å². The van der Waals surface area contributed by atoms with E-state index in [9.17, 15) is 13.9 Å². The fourth-order valence-corrected chi connectivity index (χ4v) is 5.05. The molecule has 0 saturated heterocycles. The van der Waals surface area contributed by atoms with Crippen LogP contribution in [0.4, 0.5) is 8.78 Å². The van der Waals surface area contributed by atoms with E-state index in [2.05, 4.69) is 15.1 Å². The molecule has 0 radical (unpaired) electrons. The van der Waals surface area contributed by atoms with Gasteiger partial charge >= 0.3 is 0 Å². The Balaban J connectivity index is 1.42. The average Bonchev–Trinajstić information content (AvgIpc) is 3.38. The average molecular weight is 428 g/mol. The van der Waals surface area contributed by atoms with Crippen molar-refractivity contribution < 1.29 is 18.6 Å². The van der Waals surface area contributed by atoms with Gasteiger partial charge in [0, 0.05) is 56.1 Å². The molecule has 3 heterocycles. The predicted octanol–water partition coefficient (Wildman–Crippen LogP) is 4.69. The van der Waals surface area contributed by atoms with E-state index in [1.165, 1.54) is 7.11 Å². The summed E-state index contributed by atoms with van der Waals surface area (Å²) in [4.78, 5) is 9.04. The van der Waals surface area contributed by atoms with Gasteiger partial charge in [-0.15, -0.1) is 0 Å². The quantitative estimate of drug-likeness (QED) is 0.611. The van der Waals surface area contributed by atoms with Crippen LogP contribution >= 0.6 is 0 Å². The number of pyridine rings is 1. The number of alkyl halides is 2. The second-order valence-corrected chi connectivity index (χ2v) is 8.80. The Morgan fingerprint density at radius 3 is 2.52 bits per heavy atom. The number of hydrogen-bond donors (Lipinski definition) is 1. The molecule has 0 amide bonds. The van der Waals surface area contributed by atoms with Crippen LogP contribution in [0.5, 0.6) is 0 Å². The van der Waals surface area contributed by atoms with Crippen LogP contribution < -0.4 is 0 Å². The molecule has 1 N–H and O–H groups in total. The summed E-state index contributed by atoms with van der Waals surface area (Å²) in [6.07, 6.45) is 10.2. The summed E-state index contributed by atoms with van der Waals surface area (Å²) in [7, 11) is 1.51. The van der Waals surface area contributed by atoms with Gasteiger partial charge in [-0.3, -0.25) is 0 Å². The zero-order chi connectivity index (χ0) is 21.6. The fraction of sp³-hybridized carbons (Fsp3) is 0.522. The Kier molecular flexibility index (Phi) is 5.01. The fourth-order valence-electron chi connectivity index (χ4n) is 5.05. The van der Waals surface area contributed by atoms with E-state index >= 15 is 0 Å². The van der Waals surface area contributed by atoms with Gasteiger partial charge in [0.1, 0.15) is 5.82 Å². The second kappa shape index (κ2) is 7.60. The van der Waals surface area contributed by atoms with Crippen molar-refractivity contribution in [3.05, 3.63) is 48.3 Å². The lowest BCUT2D eigenvalue weighted by atomic mass is 9.82. The van der Waals surface area contributed by atoms with Crippen LogP contribution in [0.1, 0.15) is 68.2 Å². The van der Waals surface area contributed by atoms with Crippen LogP contribution in [0.15, 0.2) is 36.9 Å². The molecule has 0 unspecified atom stereocenters. The lowest BCUT2D eigenvalue weighted by Crippen LogP contribution is -2.34. The molecule has 3 aromatic heterocycles. The van der Waals surface area contributed by atoms with Gasteiger partial charge in [-0.1, -0.05) is 0 Å². The molecule has 3 aromatic rings. The van der Waals surface area contributed by atoms with Crippen LogP contribution in [0.25, 0.3) is 16.6 Å². The van der Waals surface area contributed by atoms with Crippen molar-refractivity contribution in [3.8, 4) is 11.1 Å². The number of methoxy groups -OCH3 is 1. The van der Waals surface area contributed by atoms with Gasteiger partial charge in [0.2, 0.25) is 5.92 Å². The summed E-state index contributed by atoms with van der Waals surface area (Å²) < 4.78 is 34.3. The third kappa shape index (κ3) is 3.72. The molecule has 0 bridgehead atoms. The highest BCUT2D eigenvalue weighted by Crippen LogP contribution is 2.43. The van der Waals surface area contributed by atoms with Crippen molar-refractivity contribution in [1.82, 2.24) is 19.6 Å². The van der Waals surface area contributed by atoms with Gasteiger partial charge in [0.05, 0.1) is 17.6 Å². The minimum Gasteiger partial charge on any atom is -0.365 e. The maximum Gasteiger partial charge on any atom is 0.248 e. The Hall–Kier alpha value is -2.45. The Morgan fingerprint density at radius 2 is 1.81 bits per heavy atom. The molecule has 2 atom stereocenters. The highest BCUT2D eigenvalue weighted by atomic mass is 19.3. The first-order valence-electron chi connectivity index (χ1n) is 10.8. The van der Waals surface area contributed by atoms with Crippen molar-refractivity contribution in [3.63, 3.8) is 0 Å². The van der Waals surface area contributed by atoms with Crippen molar-refractivity contribution in [2.75, 3.05) is 7.11 Å². The SMILES string of the molecule is CO[C@@]1(O)CCC[C@H]1c1ncc(-c2ccn3ncc(C4CCC(F)(F)CC4)c3c2)cn1. The van der Waals surface area contributed by atoms with Crippen molar-refractivity contribution in [1.29, 1.82) is 0 Å². The maximum atomic E-state index is 13.6. The summed E-state index contributed by atoms with van der Waals surface area (Å²) in [6.45, 7) is 0. The first-order chi connectivity index (χ1) is 14.9. The minimum atomic E-state index is -2.54. The van der Waals surface area contributed by atoms with E-state index in [1.807, 2.05) is 18.3 Å². The van der Waals surface area contributed by atoms with E-state index in [1.54, 1.807) is 23.1 Å². The van der Waals surface area contributed by atoms with E-state index < -0.39 is 11.7 Å². The number of halogens is 2. The Bertz CT molecular complexity index is 1070. The normalized spacial score (nSPS) is 26.5.